The number of hydrogen-bond donors (Lipinski definition) is 0. The third kappa shape index (κ3) is 4.70. The van der Waals surface area contributed by atoms with E-state index < -0.39 is 11.2 Å². The Kier molecular flexibility index (Phi) is 7.95. The molecular formula is C47H58O10. The minimum atomic E-state index is -0.629. The number of carbonyl (C=O) groups is 6. The third-order valence-corrected chi connectivity index (χ3v) is 19.1. The van der Waals surface area contributed by atoms with Crippen molar-refractivity contribution in [2.45, 2.75) is 154 Å². The summed E-state index contributed by atoms with van der Waals surface area (Å²) in [5.74, 6) is 0.398. The van der Waals surface area contributed by atoms with Crippen LogP contribution in [0.2, 0.25) is 0 Å². The van der Waals surface area contributed by atoms with Crippen molar-refractivity contribution in [3.8, 4) is 0 Å². The molecule has 306 valence electrons. The van der Waals surface area contributed by atoms with Gasteiger partial charge >= 0.3 is 23.9 Å². The number of methoxy groups -OCH3 is 1. The van der Waals surface area contributed by atoms with Crippen LogP contribution in [0.3, 0.4) is 0 Å². The van der Waals surface area contributed by atoms with Crippen LogP contribution in [0.25, 0.3) is 0 Å². The first-order valence-electron chi connectivity index (χ1n) is 21.9. The molecule has 0 N–H and O–H groups in total. The van der Waals surface area contributed by atoms with Gasteiger partial charge in [0.1, 0.15) is 22.6 Å². The van der Waals surface area contributed by atoms with Crippen LogP contribution >= 0.6 is 0 Å². The van der Waals surface area contributed by atoms with Crippen LogP contribution in [-0.2, 0) is 47.7 Å². The average Bonchev–Trinajstić information content (AvgIpc) is 3.97. The smallest absolute Gasteiger partial charge is 0.310 e. The van der Waals surface area contributed by atoms with Crippen molar-refractivity contribution in [1.29, 1.82) is 0 Å². The van der Waals surface area contributed by atoms with Gasteiger partial charge in [-0.2, -0.15) is 0 Å². The van der Waals surface area contributed by atoms with Crippen molar-refractivity contribution in [2.24, 2.45) is 57.2 Å². The predicted molar refractivity (Wildman–Crippen MR) is 205 cm³/mol. The SMILES string of the molecule is COC(=O)[C@@H]1CC2=CC(=O)CC[C@]2(C)C2=CC[C@@]3(C)[C@@H](CC[C@@]34CCC(=O)O4)[C@@H]21.C[C@]12CC=C3[C@@H]([C@H]4C[C@]5(CC(=O)CC[C@]35C)OC4=O)[C@@H]1CC[C@@]21CCC(=O)O1. The van der Waals surface area contributed by atoms with Crippen LogP contribution in [0.4, 0.5) is 0 Å². The van der Waals surface area contributed by atoms with Gasteiger partial charge in [0.15, 0.2) is 5.78 Å². The summed E-state index contributed by atoms with van der Waals surface area (Å²) < 4.78 is 23.3. The highest BCUT2D eigenvalue weighted by atomic mass is 16.6. The molecule has 0 amide bonds. The molecule has 2 bridgehead atoms. The lowest BCUT2D eigenvalue weighted by Gasteiger charge is -2.58. The van der Waals surface area contributed by atoms with E-state index in [4.69, 9.17) is 18.9 Å². The van der Waals surface area contributed by atoms with Gasteiger partial charge in [-0.1, -0.05) is 56.6 Å². The number of carbonyl (C=O) groups excluding carboxylic acids is 6. The van der Waals surface area contributed by atoms with E-state index in [0.29, 0.717) is 50.9 Å². The maximum atomic E-state index is 13.0. The van der Waals surface area contributed by atoms with Gasteiger partial charge in [0.25, 0.3) is 0 Å². The fraction of sp³-hybridized carbons (Fsp3) is 0.745. The van der Waals surface area contributed by atoms with Crippen molar-refractivity contribution in [3.05, 3.63) is 34.9 Å². The predicted octanol–water partition coefficient (Wildman–Crippen LogP) is 7.41. The lowest BCUT2D eigenvalue weighted by molar-refractivity contribution is -0.165. The van der Waals surface area contributed by atoms with E-state index in [1.807, 2.05) is 0 Å². The summed E-state index contributed by atoms with van der Waals surface area (Å²) >= 11 is 0. The lowest BCUT2D eigenvalue weighted by Crippen LogP contribution is -2.59. The van der Waals surface area contributed by atoms with Gasteiger partial charge in [-0.05, 0) is 100 Å². The number of fused-ring (bicyclic) bond motifs is 13. The first kappa shape index (κ1) is 37.7. The Morgan fingerprint density at radius 1 is 0.702 bits per heavy atom. The normalized spacial score (nSPS) is 49.8. The molecule has 3 heterocycles. The van der Waals surface area contributed by atoms with Crippen LogP contribution in [-0.4, -0.2) is 59.4 Å². The van der Waals surface area contributed by atoms with E-state index in [-0.39, 0.29) is 92.3 Å². The molecule has 5 saturated carbocycles. The monoisotopic (exact) mass is 782 g/mol. The van der Waals surface area contributed by atoms with Crippen LogP contribution in [0.5, 0.6) is 0 Å². The van der Waals surface area contributed by atoms with E-state index in [1.165, 1.54) is 18.3 Å². The Bertz CT molecular complexity index is 2010. The molecular weight excluding hydrogens is 725 g/mol. The number of allylic oxidation sites excluding steroid dienone is 5. The fourth-order valence-electron chi connectivity index (χ4n) is 15.8. The quantitative estimate of drug-likeness (QED) is 0.150. The summed E-state index contributed by atoms with van der Waals surface area (Å²) in [4.78, 5) is 74.4. The third-order valence-electron chi connectivity index (χ3n) is 19.1. The second-order valence-electron chi connectivity index (χ2n) is 20.9. The maximum absolute atomic E-state index is 13.0. The minimum absolute atomic E-state index is 0.0719. The van der Waals surface area contributed by atoms with Crippen molar-refractivity contribution in [2.75, 3.05) is 7.11 Å². The molecule has 10 nitrogen and oxygen atoms in total. The maximum Gasteiger partial charge on any atom is 0.310 e. The summed E-state index contributed by atoms with van der Waals surface area (Å²) in [6.07, 6.45) is 19.0. The highest BCUT2D eigenvalue weighted by Crippen LogP contribution is 2.73. The zero-order valence-electron chi connectivity index (χ0n) is 34.3. The number of esters is 4. The second kappa shape index (κ2) is 12.0. The standard InChI is InChI=1S/C24H30O5.C23H28O5/c1-22-8-4-15(25)12-14(22)13-16(21(27)28-3)20-17(22)5-9-23(2)18(20)6-10-24(23)11-7-19(26)29-24;1-20-8-4-15-18(16(20)5-9-22(20)10-6-17(25)27-22)14-12-23(28-19(14)26)11-13(24)3-7-21(15,23)2/h5,12,16,18,20H,4,6-11,13H2,1-3H3;4,14,16,18H,3,5-12H2,1-2H3/t16-,18+,20-,22+,23+,24-;14-,16+,18-,20+,21-,22-,23+/m11/s1. The Morgan fingerprint density at radius 2 is 1.32 bits per heavy atom. The highest BCUT2D eigenvalue weighted by molar-refractivity contribution is 5.92. The zero-order valence-corrected chi connectivity index (χ0v) is 34.3. The van der Waals surface area contributed by atoms with Crippen LogP contribution < -0.4 is 0 Å². The number of Topliss-reactive ketones (excluding diaryl/α,β-unsaturated/α-hetero) is 1. The van der Waals surface area contributed by atoms with Crippen molar-refractivity contribution in [3.63, 3.8) is 0 Å². The van der Waals surface area contributed by atoms with E-state index in [9.17, 15) is 28.8 Å². The Balaban J connectivity index is 0.000000139. The lowest BCUT2D eigenvalue weighted by atomic mass is 9.45. The largest absolute Gasteiger partial charge is 0.469 e. The Hall–Kier alpha value is -3.56. The highest BCUT2D eigenvalue weighted by Gasteiger charge is 2.74. The summed E-state index contributed by atoms with van der Waals surface area (Å²) in [6.45, 7) is 9.03. The first-order valence-corrected chi connectivity index (χ1v) is 21.9. The van der Waals surface area contributed by atoms with Crippen molar-refractivity contribution in [1.82, 2.24) is 0 Å². The number of ether oxygens (including phenoxy) is 4. The van der Waals surface area contributed by atoms with Gasteiger partial charge < -0.3 is 18.9 Å². The van der Waals surface area contributed by atoms with Gasteiger partial charge in [-0.3, -0.25) is 28.8 Å². The molecule has 57 heavy (non-hydrogen) atoms. The molecule has 3 aliphatic heterocycles. The molecule has 11 rings (SSSR count). The molecule has 8 aliphatic carbocycles. The molecule has 8 fully saturated rings. The number of rotatable bonds is 1. The van der Waals surface area contributed by atoms with Gasteiger partial charge in [0, 0.05) is 60.2 Å². The second-order valence-corrected chi connectivity index (χ2v) is 20.9. The fourth-order valence-corrected chi connectivity index (χ4v) is 15.8. The Labute approximate surface area is 335 Å². The van der Waals surface area contributed by atoms with E-state index >= 15 is 0 Å². The average molecular weight is 783 g/mol. The van der Waals surface area contributed by atoms with Crippen molar-refractivity contribution >= 4 is 35.4 Å². The van der Waals surface area contributed by atoms with Crippen LogP contribution in [0.1, 0.15) is 137 Å². The molecule has 0 aromatic rings. The van der Waals surface area contributed by atoms with E-state index in [1.54, 1.807) is 6.08 Å². The van der Waals surface area contributed by atoms with Crippen molar-refractivity contribution < 1.29 is 47.7 Å². The molecule has 0 aromatic heterocycles. The molecule has 0 aromatic carbocycles. The van der Waals surface area contributed by atoms with Gasteiger partial charge in [-0.25, -0.2) is 0 Å². The van der Waals surface area contributed by atoms with Crippen LogP contribution in [0, 0.1) is 57.2 Å². The van der Waals surface area contributed by atoms with E-state index in [2.05, 4.69) is 39.8 Å². The summed E-state index contributed by atoms with van der Waals surface area (Å²) in [6, 6.07) is 0. The van der Waals surface area contributed by atoms with Gasteiger partial charge in [-0.15, -0.1) is 0 Å². The molecule has 0 unspecified atom stereocenters. The summed E-state index contributed by atoms with van der Waals surface area (Å²) in [7, 11) is 1.46. The molecule has 13 atom stereocenters. The topological polar surface area (TPSA) is 139 Å². The number of hydrogen-bond acceptors (Lipinski definition) is 10. The molecule has 3 spiro atoms. The molecule has 3 saturated heterocycles. The van der Waals surface area contributed by atoms with E-state index in [0.717, 1.165) is 69.8 Å². The minimum Gasteiger partial charge on any atom is -0.469 e. The number of ketones is 2. The summed E-state index contributed by atoms with van der Waals surface area (Å²) in [5, 5.41) is 0. The van der Waals surface area contributed by atoms with Gasteiger partial charge in [0.05, 0.1) is 18.9 Å². The zero-order chi connectivity index (χ0) is 40.1. The molecule has 11 aliphatic rings. The van der Waals surface area contributed by atoms with Gasteiger partial charge in [0.2, 0.25) is 0 Å². The molecule has 10 heteroatoms. The summed E-state index contributed by atoms with van der Waals surface area (Å²) in [5.41, 5.74) is 1.75. The van der Waals surface area contributed by atoms with Crippen LogP contribution in [0.15, 0.2) is 34.9 Å². The first-order chi connectivity index (χ1) is 27.0. The molecule has 0 radical (unpaired) electrons. The Morgan fingerprint density at radius 3 is 1.91 bits per heavy atom.